The third kappa shape index (κ3) is 6.58. The van der Waals surface area contributed by atoms with Crippen molar-refractivity contribution in [3.8, 4) is 11.5 Å². The Bertz CT molecular complexity index is 773. The van der Waals surface area contributed by atoms with Crippen LogP contribution < -0.4 is 14.8 Å². The quantitative estimate of drug-likeness (QED) is 0.384. The second-order valence-electron chi connectivity index (χ2n) is 7.94. The van der Waals surface area contributed by atoms with Gasteiger partial charge in [0, 0.05) is 28.4 Å². The summed E-state index contributed by atoms with van der Waals surface area (Å²) in [5, 5.41) is 3.76. The molecule has 1 N–H and O–H groups in total. The number of methoxy groups -OCH3 is 1. The summed E-state index contributed by atoms with van der Waals surface area (Å²) < 4.78 is 17.0. The van der Waals surface area contributed by atoms with Gasteiger partial charge < -0.3 is 19.5 Å². The SMILES string of the molecule is COCOc1c(C)cccc1SC[C@@H](CN[C@@H]1COc2ccccc2SC1)C(C)C. The minimum atomic E-state index is 0.273. The summed E-state index contributed by atoms with van der Waals surface area (Å²) >= 11 is 3.75. The van der Waals surface area contributed by atoms with Crippen LogP contribution in [0.3, 0.4) is 0 Å². The number of hydrogen-bond acceptors (Lipinski definition) is 6. The van der Waals surface area contributed by atoms with Crippen LogP contribution >= 0.6 is 23.5 Å². The van der Waals surface area contributed by atoms with Gasteiger partial charge in [-0.3, -0.25) is 0 Å². The van der Waals surface area contributed by atoms with E-state index in [0.29, 0.717) is 17.9 Å². The molecule has 2 aromatic carbocycles. The van der Waals surface area contributed by atoms with E-state index in [9.17, 15) is 0 Å². The first-order valence-corrected chi connectivity index (χ1v) is 12.5. The molecule has 1 aliphatic heterocycles. The minimum absolute atomic E-state index is 0.273. The summed E-state index contributed by atoms with van der Waals surface area (Å²) in [6, 6.07) is 15.0. The highest BCUT2D eigenvalue weighted by atomic mass is 32.2. The highest BCUT2D eigenvalue weighted by Gasteiger charge is 2.21. The molecule has 0 amide bonds. The Morgan fingerprint density at radius 2 is 2.03 bits per heavy atom. The Kier molecular flexibility index (Phi) is 9.25. The number of benzene rings is 2. The van der Waals surface area contributed by atoms with Gasteiger partial charge in [0.1, 0.15) is 18.1 Å². The minimum Gasteiger partial charge on any atom is -0.491 e. The lowest BCUT2D eigenvalue weighted by atomic mass is 9.98. The van der Waals surface area contributed by atoms with Gasteiger partial charge in [0.15, 0.2) is 6.79 Å². The molecule has 164 valence electrons. The van der Waals surface area contributed by atoms with E-state index in [1.807, 2.05) is 29.6 Å². The van der Waals surface area contributed by atoms with Gasteiger partial charge >= 0.3 is 0 Å². The summed E-state index contributed by atoms with van der Waals surface area (Å²) in [5.74, 6) is 5.16. The van der Waals surface area contributed by atoms with Crippen LogP contribution in [0.5, 0.6) is 11.5 Å². The average molecular weight is 448 g/mol. The normalized spacial score (nSPS) is 17.2. The van der Waals surface area contributed by atoms with Crippen molar-refractivity contribution in [2.24, 2.45) is 11.8 Å². The first kappa shape index (κ1) is 23.3. The van der Waals surface area contributed by atoms with E-state index in [-0.39, 0.29) is 6.79 Å². The zero-order valence-corrected chi connectivity index (χ0v) is 20.0. The van der Waals surface area contributed by atoms with Crippen LogP contribution in [0, 0.1) is 18.8 Å². The molecular weight excluding hydrogens is 414 g/mol. The van der Waals surface area contributed by atoms with E-state index in [2.05, 4.69) is 62.5 Å². The molecule has 0 saturated carbocycles. The standard InChI is InChI=1S/C24H33NO3S2/c1-17(2)19(14-29-23-11-7-8-18(3)24(23)28-16-26-4)12-25-20-13-27-21-9-5-6-10-22(21)30-15-20/h5-11,17,19-20,25H,12-16H2,1-4H3/t19-,20-/m1/s1. The Hall–Kier alpha value is -1.34. The van der Waals surface area contributed by atoms with Gasteiger partial charge in [0.25, 0.3) is 0 Å². The number of para-hydroxylation sites is 2. The van der Waals surface area contributed by atoms with Crippen molar-refractivity contribution < 1.29 is 14.2 Å². The molecule has 0 spiro atoms. The monoisotopic (exact) mass is 447 g/mol. The fourth-order valence-electron chi connectivity index (χ4n) is 3.28. The van der Waals surface area contributed by atoms with Crippen molar-refractivity contribution >= 4 is 23.5 Å². The molecular formula is C24H33NO3S2. The van der Waals surface area contributed by atoms with E-state index >= 15 is 0 Å². The van der Waals surface area contributed by atoms with Crippen LogP contribution in [-0.2, 0) is 4.74 Å². The Balaban J connectivity index is 1.54. The molecule has 0 bridgehead atoms. The topological polar surface area (TPSA) is 39.7 Å². The van der Waals surface area contributed by atoms with Crippen molar-refractivity contribution in [2.45, 2.75) is 36.6 Å². The van der Waals surface area contributed by atoms with Crippen LogP contribution in [0.1, 0.15) is 19.4 Å². The largest absolute Gasteiger partial charge is 0.491 e. The van der Waals surface area contributed by atoms with E-state index < -0.39 is 0 Å². The number of nitrogens with one attached hydrogen (secondary N) is 1. The summed E-state index contributed by atoms with van der Waals surface area (Å²) in [6.07, 6.45) is 0. The Labute approximate surface area is 189 Å². The lowest BCUT2D eigenvalue weighted by molar-refractivity contribution is 0.0486. The Morgan fingerprint density at radius 3 is 2.83 bits per heavy atom. The van der Waals surface area contributed by atoms with Crippen molar-refractivity contribution in [2.75, 3.05) is 38.6 Å². The lowest BCUT2D eigenvalue weighted by Crippen LogP contribution is -2.40. The fourth-order valence-corrected chi connectivity index (χ4v) is 5.74. The molecule has 2 aromatic rings. The Morgan fingerprint density at radius 1 is 1.20 bits per heavy atom. The van der Waals surface area contributed by atoms with Crippen molar-refractivity contribution in [3.05, 3.63) is 48.0 Å². The molecule has 0 radical (unpaired) electrons. The predicted octanol–water partition coefficient (Wildman–Crippen LogP) is 5.48. The maximum Gasteiger partial charge on any atom is 0.188 e. The van der Waals surface area contributed by atoms with E-state index in [0.717, 1.165) is 41.7 Å². The zero-order chi connectivity index (χ0) is 21.3. The second-order valence-corrected chi connectivity index (χ2v) is 10.1. The molecule has 6 heteroatoms. The summed E-state index contributed by atoms with van der Waals surface area (Å²) in [6.45, 7) is 8.66. The van der Waals surface area contributed by atoms with Gasteiger partial charge in [0.05, 0.1) is 6.04 Å². The summed E-state index contributed by atoms with van der Waals surface area (Å²) in [4.78, 5) is 2.42. The molecule has 3 rings (SSSR count). The number of aryl methyl sites for hydroxylation is 1. The van der Waals surface area contributed by atoms with Gasteiger partial charge in [-0.15, -0.1) is 23.5 Å². The number of ether oxygens (including phenoxy) is 3. The van der Waals surface area contributed by atoms with Crippen molar-refractivity contribution in [1.29, 1.82) is 0 Å². The molecule has 0 fully saturated rings. The van der Waals surface area contributed by atoms with E-state index in [1.54, 1.807) is 7.11 Å². The molecule has 1 heterocycles. The molecule has 0 unspecified atom stereocenters. The molecule has 30 heavy (non-hydrogen) atoms. The summed E-state index contributed by atoms with van der Waals surface area (Å²) in [5.41, 5.74) is 1.14. The van der Waals surface area contributed by atoms with E-state index in [4.69, 9.17) is 14.2 Å². The number of rotatable bonds is 10. The first-order chi connectivity index (χ1) is 14.6. The predicted molar refractivity (Wildman–Crippen MR) is 127 cm³/mol. The molecule has 0 aliphatic carbocycles. The summed E-state index contributed by atoms with van der Waals surface area (Å²) in [7, 11) is 1.65. The number of thioether (sulfide) groups is 2. The van der Waals surface area contributed by atoms with Crippen LogP contribution in [0.25, 0.3) is 0 Å². The molecule has 0 aromatic heterocycles. The van der Waals surface area contributed by atoms with Crippen LogP contribution in [-0.4, -0.2) is 44.6 Å². The third-order valence-corrected chi connectivity index (χ3v) is 7.74. The van der Waals surface area contributed by atoms with Crippen molar-refractivity contribution in [1.82, 2.24) is 5.32 Å². The van der Waals surface area contributed by atoms with Crippen LogP contribution in [0.4, 0.5) is 0 Å². The highest BCUT2D eigenvalue weighted by molar-refractivity contribution is 7.99. The molecule has 2 atom stereocenters. The fraction of sp³-hybridized carbons (Fsp3) is 0.500. The smallest absolute Gasteiger partial charge is 0.188 e. The third-order valence-electron chi connectivity index (χ3n) is 5.29. The second kappa shape index (κ2) is 11.9. The van der Waals surface area contributed by atoms with Gasteiger partial charge in [-0.25, -0.2) is 0 Å². The van der Waals surface area contributed by atoms with Gasteiger partial charge in [0.2, 0.25) is 0 Å². The first-order valence-electron chi connectivity index (χ1n) is 10.5. The van der Waals surface area contributed by atoms with Crippen LogP contribution in [0.2, 0.25) is 0 Å². The lowest BCUT2D eigenvalue weighted by Gasteiger charge is -2.25. The van der Waals surface area contributed by atoms with Gasteiger partial charge in [-0.1, -0.05) is 38.1 Å². The maximum absolute atomic E-state index is 6.03. The highest BCUT2D eigenvalue weighted by Crippen LogP contribution is 2.35. The van der Waals surface area contributed by atoms with E-state index in [1.165, 1.54) is 9.79 Å². The number of hydrogen-bond donors (Lipinski definition) is 1. The average Bonchev–Trinajstić information content (AvgIpc) is 2.95. The molecule has 1 aliphatic rings. The molecule has 0 saturated heterocycles. The zero-order valence-electron chi connectivity index (χ0n) is 18.4. The van der Waals surface area contributed by atoms with Gasteiger partial charge in [-0.2, -0.15) is 0 Å². The van der Waals surface area contributed by atoms with Crippen LogP contribution in [0.15, 0.2) is 52.3 Å². The van der Waals surface area contributed by atoms with Gasteiger partial charge in [-0.05, 0) is 49.1 Å². The maximum atomic E-state index is 6.03. The molecule has 4 nitrogen and oxygen atoms in total. The number of fused-ring (bicyclic) bond motifs is 1. The van der Waals surface area contributed by atoms with Crippen molar-refractivity contribution in [3.63, 3.8) is 0 Å².